The average molecular weight is 311 g/mol. The number of anilines is 1. The molecule has 0 aliphatic rings. The van der Waals surface area contributed by atoms with Crippen molar-refractivity contribution in [3.63, 3.8) is 0 Å². The number of methoxy groups -OCH3 is 1. The molecular formula is C17H17N3O3. The van der Waals surface area contributed by atoms with Gasteiger partial charge in [-0.2, -0.15) is 5.10 Å². The Bertz CT molecular complexity index is 741. The highest BCUT2D eigenvalue weighted by Crippen LogP contribution is 2.14. The third-order valence-corrected chi connectivity index (χ3v) is 2.99. The maximum absolute atomic E-state index is 11.8. The first kappa shape index (κ1) is 16.2. The molecule has 23 heavy (non-hydrogen) atoms. The molecule has 0 saturated carbocycles. The molecule has 6 nitrogen and oxygen atoms in total. The van der Waals surface area contributed by atoms with Crippen molar-refractivity contribution in [2.24, 2.45) is 5.10 Å². The normalized spacial score (nSPS) is 10.3. The number of para-hydroxylation sites is 1. The van der Waals surface area contributed by atoms with Crippen LogP contribution in [0.15, 0.2) is 53.6 Å². The van der Waals surface area contributed by atoms with Crippen LogP contribution in [0.2, 0.25) is 0 Å². The Morgan fingerprint density at radius 3 is 2.61 bits per heavy atom. The molecule has 6 heteroatoms. The Morgan fingerprint density at radius 2 is 1.87 bits per heavy atom. The number of hydrazone groups is 1. The van der Waals surface area contributed by atoms with Crippen LogP contribution >= 0.6 is 0 Å². The maximum atomic E-state index is 11.8. The smallest absolute Gasteiger partial charge is 0.329 e. The minimum Gasteiger partial charge on any atom is -0.496 e. The summed E-state index contributed by atoms with van der Waals surface area (Å²) in [5.74, 6) is -1.01. The number of rotatable bonds is 4. The maximum Gasteiger partial charge on any atom is 0.329 e. The first-order valence-corrected chi connectivity index (χ1v) is 6.94. The highest BCUT2D eigenvalue weighted by atomic mass is 16.5. The van der Waals surface area contributed by atoms with Gasteiger partial charge >= 0.3 is 11.8 Å². The van der Waals surface area contributed by atoms with Crippen LogP contribution in [0.4, 0.5) is 5.69 Å². The quantitative estimate of drug-likeness (QED) is 0.515. The van der Waals surface area contributed by atoms with Gasteiger partial charge in [-0.15, -0.1) is 0 Å². The van der Waals surface area contributed by atoms with Crippen molar-refractivity contribution in [2.45, 2.75) is 6.92 Å². The van der Waals surface area contributed by atoms with E-state index in [0.717, 1.165) is 5.56 Å². The van der Waals surface area contributed by atoms with Crippen LogP contribution in [0.1, 0.15) is 11.1 Å². The molecular weight excluding hydrogens is 294 g/mol. The lowest BCUT2D eigenvalue weighted by molar-refractivity contribution is -0.136. The van der Waals surface area contributed by atoms with Crippen LogP contribution in [0, 0.1) is 6.92 Å². The van der Waals surface area contributed by atoms with Crippen molar-refractivity contribution in [1.82, 2.24) is 5.43 Å². The Labute approximate surface area is 134 Å². The van der Waals surface area contributed by atoms with E-state index in [1.165, 1.54) is 6.21 Å². The summed E-state index contributed by atoms with van der Waals surface area (Å²) in [6, 6.07) is 14.4. The van der Waals surface area contributed by atoms with E-state index in [-0.39, 0.29) is 0 Å². The van der Waals surface area contributed by atoms with E-state index in [1.807, 2.05) is 25.1 Å². The van der Waals surface area contributed by atoms with Gasteiger partial charge in [0.25, 0.3) is 0 Å². The number of benzene rings is 2. The molecule has 118 valence electrons. The van der Waals surface area contributed by atoms with Gasteiger partial charge < -0.3 is 10.1 Å². The lowest BCUT2D eigenvalue weighted by atomic mass is 10.2. The molecule has 0 aliphatic carbocycles. The Morgan fingerprint density at radius 1 is 1.09 bits per heavy atom. The third kappa shape index (κ3) is 4.67. The zero-order chi connectivity index (χ0) is 16.7. The van der Waals surface area contributed by atoms with Crippen LogP contribution in [-0.2, 0) is 9.59 Å². The first-order chi connectivity index (χ1) is 11.1. The lowest BCUT2D eigenvalue weighted by Gasteiger charge is -2.05. The number of amides is 2. The molecule has 0 bridgehead atoms. The van der Waals surface area contributed by atoms with Crippen LogP contribution in [-0.4, -0.2) is 25.1 Å². The summed E-state index contributed by atoms with van der Waals surface area (Å²) in [6.45, 7) is 1.90. The molecule has 0 aromatic heterocycles. The molecule has 0 heterocycles. The zero-order valence-corrected chi connectivity index (χ0v) is 12.9. The Balaban J connectivity index is 1.93. The van der Waals surface area contributed by atoms with Gasteiger partial charge in [-0.1, -0.05) is 24.3 Å². The fourth-order valence-electron chi connectivity index (χ4n) is 1.89. The number of hydrogen-bond acceptors (Lipinski definition) is 4. The van der Waals surface area contributed by atoms with E-state index in [1.54, 1.807) is 37.4 Å². The van der Waals surface area contributed by atoms with Crippen LogP contribution in [0.25, 0.3) is 0 Å². The largest absolute Gasteiger partial charge is 0.496 e. The summed E-state index contributed by atoms with van der Waals surface area (Å²) < 4.78 is 5.16. The summed E-state index contributed by atoms with van der Waals surface area (Å²) in [5.41, 5.74) is 4.41. The number of nitrogens with one attached hydrogen (secondary N) is 2. The second-order valence-electron chi connectivity index (χ2n) is 4.76. The second kappa shape index (κ2) is 7.74. The Hall–Kier alpha value is -3.15. The minimum absolute atomic E-state index is 0.554. The molecule has 2 aromatic rings. The van der Waals surface area contributed by atoms with Crippen LogP contribution in [0.3, 0.4) is 0 Å². The van der Waals surface area contributed by atoms with E-state index in [9.17, 15) is 9.59 Å². The topological polar surface area (TPSA) is 79.8 Å². The number of ether oxygens (including phenoxy) is 1. The summed E-state index contributed by atoms with van der Waals surface area (Å²) in [4.78, 5) is 23.5. The van der Waals surface area contributed by atoms with E-state index >= 15 is 0 Å². The zero-order valence-electron chi connectivity index (χ0n) is 12.9. The fourth-order valence-corrected chi connectivity index (χ4v) is 1.89. The molecule has 2 aromatic carbocycles. The van der Waals surface area contributed by atoms with Crippen molar-refractivity contribution < 1.29 is 14.3 Å². The fraction of sp³-hybridized carbons (Fsp3) is 0.118. The Kier molecular flexibility index (Phi) is 5.46. The first-order valence-electron chi connectivity index (χ1n) is 6.94. The van der Waals surface area contributed by atoms with Crippen molar-refractivity contribution >= 4 is 23.7 Å². The van der Waals surface area contributed by atoms with Crippen molar-refractivity contribution in [2.75, 3.05) is 12.4 Å². The summed E-state index contributed by atoms with van der Waals surface area (Å²) in [5, 5.41) is 6.27. The van der Waals surface area contributed by atoms with Gasteiger partial charge in [-0.05, 0) is 36.8 Å². The van der Waals surface area contributed by atoms with Gasteiger partial charge in [0.05, 0.1) is 13.3 Å². The third-order valence-electron chi connectivity index (χ3n) is 2.99. The van der Waals surface area contributed by atoms with E-state index < -0.39 is 11.8 Å². The summed E-state index contributed by atoms with van der Waals surface area (Å²) >= 11 is 0. The van der Waals surface area contributed by atoms with Crippen molar-refractivity contribution in [3.05, 3.63) is 59.7 Å². The molecule has 2 rings (SSSR count). The standard InChI is InChI=1S/C17H17N3O3/c1-12-6-5-8-14(10-12)19-16(21)17(22)20-18-11-13-7-3-4-9-15(13)23-2/h3-11H,1-2H3,(H,19,21)(H,20,22)/b18-11+. The van der Waals surface area contributed by atoms with Gasteiger partial charge in [0.15, 0.2) is 0 Å². The molecule has 0 fully saturated rings. The number of aryl methyl sites for hydroxylation is 1. The molecule has 0 unspecified atom stereocenters. The average Bonchev–Trinajstić information content (AvgIpc) is 2.55. The van der Waals surface area contributed by atoms with Crippen LogP contribution in [0.5, 0.6) is 5.75 Å². The number of carbonyl (C=O) groups excluding carboxylic acids is 2. The molecule has 0 atom stereocenters. The molecule has 0 saturated heterocycles. The highest BCUT2D eigenvalue weighted by molar-refractivity contribution is 6.39. The van der Waals surface area contributed by atoms with Gasteiger partial charge in [0, 0.05) is 11.3 Å². The number of carbonyl (C=O) groups is 2. The van der Waals surface area contributed by atoms with Gasteiger partial charge in [-0.25, -0.2) is 5.43 Å². The number of hydrogen-bond donors (Lipinski definition) is 2. The highest BCUT2D eigenvalue weighted by Gasteiger charge is 2.12. The van der Waals surface area contributed by atoms with Crippen molar-refractivity contribution in [1.29, 1.82) is 0 Å². The second-order valence-corrected chi connectivity index (χ2v) is 4.76. The lowest BCUT2D eigenvalue weighted by Crippen LogP contribution is -2.32. The van der Waals surface area contributed by atoms with E-state index in [4.69, 9.17) is 4.74 Å². The molecule has 0 aliphatic heterocycles. The predicted octanol–water partition coefficient (Wildman–Crippen LogP) is 2.09. The monoisotopic (exact) mass is 311 g/mol. The predicted molar refractivity (Wildman–Crippen MR) is 88.5 cm³/mol. The van der Waals surface area contributed by atoms with Gasteiger partial charge in [0.1, 0.15) is 5.75 Å². The van der Waals surface area contributed by atoms with Crippen LogP contribution < -0.4 is 15.5 Å². The van der Waals surface area contributed by atoms with E-state index in [2.05, 4.69) is 15.8 Å². The summed E-state index contributed by atoms with van der Waals surface area (Å²) in [6.07, 6.45) is 1.41. The van der Waals surface area contributed by atoms with Crippen molar-refractivity contribution in [3.8, 4) is 5.75 Å². The minimum atomic E-state index is -0.849. The molecule has 0 radical (unpaired) electrons. The van der Waals surface area contributed by atoms with E-state index in [0.29, 0.717) is 17.0 Å². The summed E-state index contributed by atoms with van der Waals surface area (Å²) in [7, 11) is 1.54. The number of nitrogens with zero attached hydrogens (tertiary/aromatic N) is 1. The van der Waals surface area contributed by atoms with Gasteiger partial charge in [0.2, 0.25) is 0 Å². The molecule has 0 spiro atoms. The van der Waals surface area contributed by atoms with Gasteiger partial charge in [-0.3, -0.25) is 9.59 Å². The molecule has 2 N–H and O–H groups in total. The SMILES string of the molecule is COc1ccccc1/C=N/NC(=O)C(=O)Nc1cccc(C)c1. The molecule has 2 amide bonds.